The number of nitrogens with zero attached hydrogens (tertiary/aromatic N) is 1. The number of carbonyl (C=O) groups is 1. The van der Waals surface area contributed by atoms with Crippen molar-refractivity contribution in [2.75, 3.05) is 11.2 Å². The van der Waals surface area contributed by atoms with Crippen molar-refractivity contribution < 1.29 is 4.79 Å². The van der Waals surface area contributed by atoms with Crippen molar-refractivity contribution in [3.05, 3.63) is 11.1 Å². The van der Waals surface area contributed by atoms with Gasteiger partial charge in [-0.1, -0.05) is 0 Å². The molecular formula is C6H8ClN3OS. The lowest BCUT2D eigenvalue weighted by Crippen LogP contribution is -2.12. The predicted molar refractivity (Wildman–Crippen MR) is 49.4 cm³/mol. The van der Waals surface area contributed by atoms with Gasteiger partial charge in [0.25, 0.3) is 0 Å². The number of aromatic nitrogens is 1. The summed E-state index contributed by atoms with van der Waals surface area (Å²) in [5.74, 6) is -0.313. The molecule has 0 fully saturated rings. The van der Waals surface area contributed by atoms with Crippen molar-refractivity contribution >= 4 is 34.0 Å². The molecule has 0 aromatic carbocycles. The minimum atomic E-state index is -0.255. The topological polar surface area (TPSA) is 68.0 Å². The molecule has 0 atom stereocenters. The summed E-state index contributed by atoms with van der Waals surface area (Å²) in [7, 11) is 0. The lowest BCUT2D eigenvalue weighted by Gasteiger charge is -1.94. The molecule has 0 unspecified atom stereocenters. The molecule has 0 aliphatic rings. The zero-order valence-corrected chi connectivity index (χ0v) is 7.78. The quantitative estimate of drug-likeness (QED) is 0.717. The van der Waals surface area contributed by atoms with Crippen LogP contribution in [0.2, 0.25) is 0 Å². The maximum Gasteiger partial charge on any atom is 0.241 e. The number of alkyl halides is 1. The summed E-state index contributed by atoms with van der Waals surface area (Å²) in [4.78, 5) is 14.8. The van der Waals surface area contributed by atoms with E-state index in [0.717, 1.165) is 5.69 Å². The van der Waals surface area contributed by atoms with E-state index in [1.807, 2.05) is 0 Å². The first kappa shape index (κ1) is 9.44. The Labute approximate surface area is 78.7 Å². The molecule has 1 rings (SSSR count). The molecule has 0 spiro atoms. The van der Waals surface area contributed by atoms with Crippen molar-refractivity contribution in [1.29, 1.82) is 0 Å². The molecule has 1 amide bonds. The fraction of sp³-hybridized carbons (Fsp3) is 0.333. The maximum atomic E-state index is 10.8. The van der Waals surface area contributed by atoms with E-state index in [-0.39, 0.29) is 11.8 Å². The van der Waals surface area contributed by atoms with Gasteiger partial charge in [0.2, 0.25) is 5.91 Å². The summed E-state index contributed by atoms with van der Waals surface area (Å²) in [6, 6.07) is 0. The van der Waals surface area contributed by atoms with Gasteiger partial charge in [-0.05, 0) is 0 Å². The van der Waals surface area contributed by atoms with E-state index in [2.05, 4.69) is 10.3 Å². The zero-order chi connectivity index (χ0) is 8.97. The van der Waals surface area contributed by atoms with Gasteiger partial charge in [0.15, 0.2) is 5.13 Å². The highest BCUT2D eigenvalue weighted by atomic mass is 35.5. The second-order valence-corrected chi connectivity index (χ2v) is 3.16. The zero-order valence-electron chi connectivity index (χ0n) is 6.21. The summed E-state index contributed by atoms with van der Waals surface area (Å²) in [6.45, 7) is 0.382. The van der Waals surface area contributed by atoms with Crippen molar-refractivity contribution in [2.24, 2.45) is 5.73 Å². The third-order valence-corrected chi connectivity index (χ3v) is 2.18. The van der Waals surface area contributed by atoms with Crippen LogP contribution in [0.5, 0.6) is 0 Å². The third-order valence-electron chi connectivity index (χ3n) is 1.13. The van der Waals surface area contributed by atoms with Crippen LogP contribution in [0.4, 0.5) is 5.13 Å². The van der Waals surface area contributed by atoms with E-state index in [1.165, 1.54) is 11.3 Å². The Bertz CT molecular complexity index is 276. The number of rotatable bonds is 3. The number of thiazole rings is 1. The van der Waals surface area contributed by atoms with E-state index in [9.17, 15) is 4.79 Å². The summed E-state index contributed by atoms with van der Waals surface area (Å²) >= 11 is 6.62. The molecular weight excluding hydrogens is 198 g/mol. The van der Waals surface area contributed by atoms with Crippen molar-refractivity contribution in [2.45, 2.75) is 6.54 Å². The van der Waals surface area contributed by atoms with Crippen LogP contribution in [0.15, 0.2) is 5.38 Å². The maximum absolute atomic E-state index is 10.8. The molecule has 0 saturated heterocycles. The third kappa shape index (κ3) is 2.44. The number of nitrogens with two attached hydrogens (primary N) is 1. The van der Waals surface area contributed by atoms with Gasteiger partial charge in [0.1, 0.15) is 5.88 Å². The standard InChI is InChI=1S/C6H8ClN3OS/c7-1-5(11)10-6-9-4(2-8)3-12-6/h3H,1-2,8H2,(H,9,10,11). The molecule has 1 aromatic heterocycles. The first-order valence-electron chi connectivity index (χ1n) is 3.26. The molecule has 0 aliphatic carbocycles. The number of hydrogen-bond acceptors (Lipinski definition) is 4. The highest BCUT2D eigenvalue weighted by molar-refractivity contribution is 7.13. The van der Waals surface area contributed by atoms with Crippen molar-refractivity contribution in [3.8, 4) is 0 Å². The molecule has 1 aromatic rings. The predicted octanol–water partition coefficient (Wildman–Crippen LogP) is 0.779. The van der Waals surface area contributed by atoms with Gasteiger partial charge in [-0.15, -0.1) is 22.9 Å². The molecule has 0 aliphatic heterocycles. The first-order chi connectivity index (χ1) is 5.76. The van der Waals surface area contributed by atoms with E-state index in [0.29, 0.717) is 11.7 Å². The van der Waals surface area contributed by atoms with E-state index in [1.54, 1.807) is 5.38 Å². The Morgan fingerprint density at radius 3 is 3.08 bits per heavy atom. The minimum Gasteiger partial charge on any atom is -0.325 e. The van der Waals surface area contributed by atoms with Crippen LogP contribution in [-0.2, 0) is 11.3 Å². The van der Waals surface area contributed by atoms with Crippen LogP contribution in [0.1, 0.15) is 5.69 Å². The Kier molecular flexibility index (Phi) is 3.46. The van der Waals surface area contributed by atoms with Crippen molar-refractivity contribution in [1.82, 2.24) is 4.98 Å². The average Bonchev–Trinajstić information content (AvgIpc) is 2.52. The second-order valence-electron chi connectivity index (χ2n) is 2.03. The summed E-state index contributed by atoms with van der Waals surface area (Å²) in [6.07, 6.45) is 0. The molecule has 12 heavy (non-hydrogen) atoms. The van der Waals surface area contributed by atoms with Gasteiger partial charge >= 0.3 is 0 Å². The molecule has 3 N–H and O–H groups in total. The normalized spacial score (nSPS) is 9.83. The van der Waals surface area contributed by atoms with Gasteiger partial charge in [0, 0.05) is 11.9 Å². The number of nitrogens with one attached hydrogen (secondary N) is 1. The van der Waals surface area contributed by atoms with Crippen LogP contribution in [0.3, 0.4) is 0 Å². The van der Waals surface area contributed by atoms with E-state index in [4.69, 9.17) is 17.3 Å². The second kappa shape index (κ2) is 4.39. The first-order valence-corrected chi connectivity index (χ1v) is 4.68. The van der Waals surface area contributed by atoms with Crippen LogP contribution in [0.25, 0.3) is 0 Å². The van der Waals surface area contributed by atoms with Gasteiger partial charge in [0.05, 0.1) is 5.69 Å². The molecule has 0 radical (unpaired) electrons. The van der Waals surface area contributed by atoms with Gasteiger partial charge < -0.3 is 11.1 Å². The lowest BCUT2D eigenvalue weighted by molar-refractivity contribution is -0.113. The summed E-state index contributed by atoms with van der Waals surface area (Å²) < 4.78 is 0. The minimum absolute atomic E-state index is 0.0580. The van der Waals surface area contributed by atoms with Gasteiger partial charge in [-0.25, -0.2) is 4.98 Å². The largest absolute Gasteiger partial charge is 0.325 e. The molecule has 0 bridgehead atoms. The number of hydrogen-bond donors (Lipinski definition) is 2. The number of anilines is 1. The van der Waals surface area contributed by atoms with Gasteiger partial charge in [-0.3, -0.25) is 4.79 Å². The summed E-state index contributed by atoms with van der Waals surface area (Å²) in [5.41, 5.74) is 6.10. The Balaban J connectivity index is 2.58. The van der Waals surface area contributed by atoms with Crippen molar-refractivity contribution in [3.63, 3.8) is 0 Å². The number of carbonyl (C=O) groups excluding carboxylic acids is 1. The van der Waals surface area contributed by atoms with Crippen LogP contribution in [-0.4, -0.2) is 16.8 Å². The van der Waals surface area contributed by atoms with Gasteiger partial charge in [-0.2, -0.15) is 0 Å². The number of halogens is 1. The highest BCUT2D eigenvalue weighted by Gasteiger charge is 2.03. The summed E-state index contributed by atoms with van der Waals surface area (Å²) in [5, 5.41) is 4.87. The fourth-order valence-corrected chi connectivity index (χ4v) is 1.42. The molecule has 1 heterocycles. The lowest BCUT2D eigenvalue weighted by atomic mass is 10.5. The van der Waals surface area contributed by atoms with E-state index < -0.39 is 0 Å². The average molecular weight is 206 g/mol. The Morgan fingerprint density at radius 2 is 2.58 bits per heavy atom. The molecule has 6 heteroatoms. The molecule has 0 saturated carbocycles. The van der Waals surface area contributed by atoms with Crippen LogP contribution in [0, 0.1) is 0 Å². The van der Waals surface area contributed by atoms with Crippen LogP contribution < -0.4 is 11.1 Å². The Hall–Kier alpha value is -0.650. The SMILES string of the molecule is NCc1csc(NC(=O)CCl)n1. The van der Waals surface area contributed by atoms with Crippen LogP contribution >= 0.6 is 22.9 Å². The monoisotopic (exact) mass is 205 g/mol. The smallest absolute Gasteiger partial charge is 0.241 e. The molecule has 66 valence electrons. The fourth-order valence-electron chi connectivity index (χ4n) is 0.611. The molecule has 4 nitrogen and oxygen atoms in total. The highest BCUT2D eigenvalue weighted by Crippen LogP contribution is 2.14. The number of amides is 1. The Morgan fingerprint density at radius 1 is 1.83 bits per heavy atom. The van der Waals surface area contributed by atoms with E-state index >= 15 is 0 Å².